The van der Waals surface area contributed by atoms with Crippen LogP contribution in [0.1, 0.15) is 22.7 Å². The second-order valence-electron chi connectivity index (χ2n) is 7.72. The van der Waals surface area contributed by atoms with Crippen LogP contribution in [0, 0.1) is 0 Å². The maximum Gasteiger partial charge on any atom is 0.338 e. The molecule has 0 aromatic heterocycles. The Bertz CT molecular complexity index is 1330. The van der Waals surface area contributed by atoms with Crippen LogP contribution in [0.5, 0.6) is 11.5 Å². The minimum atomic E-state index is -0.613. The van der Waals surface area contributed by atoms with Crippen molar-refractivity contribution in [3.8, 4) is 11.5 Å². The van der Waals surface area contributed by atoms with E-state index in [1.54, 1.807) is 54.6 Å². The minimum Gasteiger partial charge on any atom is -0.493 e. The summed E-state index contributed by atoms with van der Waals surface area (Å²) in [7, 11) is 2.86. The van der Waals surface area contributed by atoms with Gasteiger partial charge in [0.2, 0.25) is 0 Å². The fourth-order valence-electron chi connectivity index (χ4n) is 3.79. The second-order valence-corrected chi connectivity index (χ2v) is 9.38. The average Bonchev–Trinajstić information content (AvgIpc) is 2.88. The van der Waals surface area contributed by atoms with E-state index in [4.69, 9.17) is 61.2 Å². The maximum absolute atomic E-state index is 12.9. The number of hydrogen-bond donors (Lipinski definition) is 2. The number of hydrogen-bond acceptors (Lipinski definition) is 5. The second kappa shape index (κ2) is 11.4. The van der Waals surface area contributed by atoms with E-state index in [9.17, 15) is 4.79 Å². The van der Waals surface area contributed by atoms with E-state index in [-0.39, 0.29) is 6.61 Å². The van der Waals surface area contributed by atoms with E-state index in [2.05, 4.69) is 10.6 Å². The van der Waals surface area contributed by atoms with Gasteiger partial charge in [-0.05, 0) is 59.7 Å². The molecule has 0 radical (unpaired) electrons. The zero-order valence-electron chi connectivity index (χ0n) is 19.2. The lowest BCUT2D eigenvalue weighted by Gasteiger charge is -2.31. The van der Waals surface area contributed by atoms with Crippen molar-refractivity contribution in [3.05, 3.63) is 98.0 Å². The van der Waals surface area contributed by atoms with Gasteiger partial charge in [0, 0.05) is 20.6 Å². The van der Waals surface area contributed by atoms with Gasteiger partial charge in [-0.3, -0.25) is 0 Å². The van der Waals surface area contributed by atoms with Crippen LogP contribution in [0.4, 0.5) is 0 Å². The molecule has 186 valence electrons. The van der Waals surface area contributed by atoms with E-state index in [1.165, 1.54) is 14.2 Å². The number of methoxy groups -OCH3 is 2. The Labute approximate surface area is 229 Å². The van der Waals surface area contributed by atoms with Crippen molar-refractivity contribution in [1.29, 1.82) is 0 Å². The fraction of sp³-hybridized carbons (Fsp3) is 0.154. The maximum atomic E-state index is 12.9. The monoisotopic (exact) mass is 562 g/mol. The number of carbonyl (C=O) groups is 1. The Morgan fingerprint density at radius 1 is 0.972 bits per heavy atom. The highest BCUT2D eigenvalue weighted by atomic mass is 35.5. The Morgan fingerprint density at radius 2 is 1.67 bits per heavy atom. The van der Waals surface area contributed by atoms with Crippen LogP contribution >= 0.6 is 47.0 Å². The van der Waals surface area contributed by atoms with Gasteiger partial charge in [0.25, 0.3) is 0 Å². The summed E-state index contributed by atoms with van der Waals surface area (Å²) in [5, 5.41) is 8.18. The fourth-order valence-corrected chi connectivity index (χ4v) is 4.64. The molecule has 36 heavy (non-hydrogen) atoms. The number of carbonyl (C=O) groups excluding carboxylic acids is 1. The van der Waals surface area contributed by atoms with Gasteiger partial charge >= 0.3 is 5.97 Å². The SMILES string of the molecule is COC(=O)C1=C(c2ccc(Cl)cc2)NC(=S)N[C@H]1c1ccc(OCc2c(Cl)cccc2Cl)c(OC)c1. The number of ether oxygens (including phenoxy) is 3. The Balaban J connectivity index is 1.72. The average molecular weight is 564 g/mol. The van der Waals surface area contributed by atoms with Gasteiger partial charge in [-0.1, -0.05) is 59.1 Å². The van der Waals surface area contributed by atoms with Crippen molar-refractivity contribution >= 4 is 63.8 Å². The molecule has 3 aromatic carbocycles. The van der Waals surface area contributed by atoms with Crippen molar-refractivity contribution < 1.29 is 19.0 Å². The molecule has 0 saturated carbocycles. The highest BCUT2D eigenvalue weighted by Crippen LogP contribution is 2.37. The summed E-state index contributed by atoms with van der Waals surface area (Å²) in [6.07, 6.45) is 0. The first-order valence-electron chi connectivity index (χ1n) is 10.7. The highest BCUT2D eigenvalue weighted by Gasteiger charge is 2.33. The van der Waals surface area contributed by atoms with Gasteiger partial charge in [0.05, 0.1) is 31.5 Å². The van der Waals surface area contributed by atoms with Crippen LogP contribution in [0.25, 0.3) is 5.70 Å². The number of rotatable bonds is 7. The molecule has 0 amide bonds. The van der Waals surface area contributed by atoms with Crippen LogP contribution in [0.15, 0.2) is 66.2 Å². The molecule has 3 aromatic rings. The van der Waals surface area contributed by atoms with Gasteiger partial charge in [-0.2, -0.15) is 0 Å². The summed E-state index contributed by atoms with van der Waals surface area (Å²) < 4.78 is 16.7. The van der Waals surface area contributed by atoms with Crippen molar-refractivity contribution in [2.45, 2.75) is 12.6 Å². The van der Waals surface area contributed by atoms with Crippen molar-refractivity contribution in [1.82, 2.24) is 10.6 Å². The number of nitrogens with one attached hydrogen (secondary N) is 2. The molecule has 0 aliphatic carbocycles. The number of benzene rings is 3. The van der Waals surface area contributed by atoms with Gasteiger partial charge in [-0.15, -0.1) is 0 Å². The molecule has 0 spiro atoms. The first-order valence-corrected chi connectivity index (χ1v) is 12.3. The summed E-state index contributed by atoms with van der Waals surface area (Å²) in [5.41, 5.74) is 3.00. The van der Waals surface area contributed by atoms with E-state index >= 15 is 0 Å². The smallest absolute Gasteiger partial charge is 0.338 e. The molecule has 1 atom stereocenters. The van der Waals surface area contributed by atoms with Crippen molar-refractivity contribution in [2.24, 2.45) is 0 Å². The number of halogens is 3. The zero-order valence-corrected chi connectivity index (χ0v) is 22.3. The Morgan fingerprint density at radius 3 is 2.31 bits per heavy atom. The third-order valence-electron chi connectivity index (χ3n) is 5.56. The first-order chi connectivity index (χ1) is 17.3. The highest BCUT2D eigenvalue weighted by molar-refractivity contribution is 7.80. The van der Waals surface area contributed by atoms with Crippen molar-refractivity contribution in [2.75, 3.05) is 14.2 Å². The minimum absolute atomic E-state index is 0.151. The summed E-state index contributed by atoms with van der Waals surface area (Å²) >= 11 is 24.0. The van der Waals surface area contributed by atoms with Crippen LogP contribution in [0.3, 0.4) is 0 Å². The zero-order chi connectivity index (χ0) is 25.8. The largest absolute Gasteiger partial charge is 0.493 e. The molecule has 6 nitrogen and oxygen atoms in total. The molecule has 0 fully saturated rings. The van der Waals surface area contributed by atoms with Crippen molar-refractivity contribution in [3.63, 3.8) is 0 Å². The standard InChI is InChI=1S/C26H21Cl3N2O4S/c1-33-21-12-15(8-11-20(21)35-13-17-18(28)4-3-5-19(17)29)24-22(25(32)34-2)23(30-26(36)31-24)14-6-9-16(27)10-7-14/h3-12,24H,13H2,1-2H3,(H2,30,31,36)/t24-/m0/s1. The molecule has 0 unspecified atom stereocenters. The van der Waals surface area contributed by atoms with Gasteiger partial charge < -0.3 is 24.8 Å². The third-order valence-corrected chi connectivity index (χ3v) is 6.75. The van der Waals surface area contributed by atoms with E-state index in [0.717, 1.165) is 5.56 Å². The van der Waals surface area contributed by atoms with Gasteiger partial charge in [-0.25, -0.2) is 4.79 Å². The summed E-state index contributed by atoms with van der Waals surface area (Å²) in [5.74, 6) is 0.426. The topological polar surface area (TPSA) is 68.8 Å². The molecule has 1 aliphatic rings. The third kappa shape index (κ3) is 5.55. The van der Waals surface area contributed by atoms with Crippen LogP contribution in [-0.2, 0) is 16.1 Å². The molecule has 10 heteroatoms. The molecule has 2 N–H and O–H groups in total. The molecular formula is C26H21Cl3N2O4S. The van der Waals surface area contributed by atoms with Crippen LogP contribution in [-0.4, -0.2) is 25.3 Å². The predicted molar refractivity (Wildman–Crippen MR) is 146 cm³/mol. The Kier molecular flexibility index (Phi) is 8.26. The van der Waals surface area contributed by atoms with Gasteiger partial charge in [0.1, 0.15) is 6.61 Å². The molecular weight excluding hydrogens is 543 g/mol. The molecule has 1 aliphatic heterocycles. The van der Waals surface area contributed by atoms with E-state index < -0.39 is 12.0 Å². The summed E-state index contributed by atoms with van der Waals surface area (Å²) in [6.45, 7) is 0.151. The lowest BCUT2D eigenvalue weighted by Crippen LogP contribution is -2.45. The quantitative estimate of drug-likeness (QED) is 0.257. The lowest BCUT2D eigenvalue weighted by atomic mass is 9.92. The van der Waals surface area contributed by atoms with Crippen LogP contribution in [0.2, 0.25) is 15.1 Å². The predicted octanol–water partition coefficient (Wildman–Crippen LogP) is 6.34. The number of esters is 1. The first kappa shape index (κ1) is 26.1. The number of thiocarbonyl (C=S) groups is 1. The Hall–Kier alpha value is -2.97. The normalized spacial score (nSPS) is 15.1. The summed E-state index contributed by atoms with van der Waals surface area (Å²) in [4.78, 5) is 12.9. The molecule has 4 rings (SSSR count). The van der Waals surface area contributed by atoms with E-state index in [0.29, 0.717) is 54.1 Å². The van der Waals surface area contributed by atoms with E-state index in [1.807, 2.05) is 6.07 Å². The molecule has 0 saturated heterocycles. The molecule has 1 heterocycles. The summed E-state index contributed by atoms with van der Waals surface area (Å²) in [6, 6.07) is 17.1. The molecule has 0 bridgehead atoms. The van der Waals surface area contributed by atoms with Crippen LogP contribution < -0.4 is 20.1 Å². The lowest BCUT2D eigenvalue weighted by molar-refractivity contribution is -0.136. The van der Waals surface area contributed by atoms with Gasteiger partial charge in [0.15, 0.2) is 16.6 Å².